The summed E-state index contributed by atoms with van der Waals surface area (Å²) in [5, 5.41) is 21.8. The highest BCUT2D eigenvalue weighted by Gasteiger charge is 2.07. The van der Waals surface area contributed by atoms with Crippen LogP contribution in [0.2, 0.25) is 0 Å². The van der Waals surface area contributed by atoms with Crippen LogP contribution >= 0.6 is 0 Å². The monoisotopic (exact) mass is 256 g/mol. The van der Waals surface area contributed by atoms with Gasteiger partial charge in [-0.05, 0) is 35.9 Å². The minimum absolute atomic E-state index is 0.292. The van der Waals surface area contributed by atoms with Gasteiger partial charge >= 0.3 is 0 Å². The average molecular weight is 256 g/mol. The predicted molar refractivity (Wildman–Crippen MR) is 71.0 cm³/mol. The molecule has 0 radical (unpaired) electrons. The highest BCUT2D eigenvalue weighted by Crippen LogP contribution is 2.16. The van der Waals surface area contributed by atoms with E-state index in [2.05, 4.69) is 5.32 Å². The highest BCUT2D eigenvalue weighted by molar-refractivity contribution is 5.49. The molecule has 2 aromatic carbocycles. The Balaban J connectivity index is 1.98. The van der Waals surface area contributed by atoms with Crippen LogP contribution in [0.25, 0.3) is 0 Å². The molecular weight excluding hydrogens is 243 g/mol. The van der Waals surface area contributed by atoms with Gasteiger partial charge in [0.1, 0.15) is 5.82 Å². The van der Waals surface area contributed by atoms with Crippen molar-refractivity contribution in [3.63, 3.8) is 0 Å². The van der Waals surface area contributed by atoms with Crippen LogP contribution in [0.15, 0.2) is 48.5 Å². The molecule has 0 bridgehead atoms. The SMILES string of the molecule is N#Cc1cccc(NCC(O)c2ccc(F)cc2)c1. The van der Waals surface area contributed by atoms with Gasteiger partial charge in [0, 0.05) is 12.2 Å². The lowest BCUT2D eigenvalue weighted by Gasteiger charge is -2.13. The van der Waals surface area contributed by atoms with E-state index in [-0.39, 0.29) is 5.82 Å². The van der Waals surface area contributed by atoms with Crippen molar-refractivity contribution >= 4 is 5.69 Å². The van der Waals surface area contributed by atoms with E-state index in [1.165, 1.54) is 12.1 Å². The Morgan fingerprint density at radius 1 is 1.21 bits per heavy atom. The van der Waals surface area contributed by atoms with Crippen molar-refractivity contribution < 1.29 is 9.50 Å². The lowest BCUT2D eigenvalue weighted by Crippen LogP contribution is -2.12. The van der Waals surface area contributed by atoms with Crippen LogP contribution < -0.4 is 5.32 Å². The molecule has 0 aliphatic carbocycles. The molecule has 0 saturated carbocycles. The molecule has 0 aromatic heterocycles. The fourth-order valence-corrected chi connectivity index (χ4v) is 1.72. The summed E-state index contributed by atoms with van der Waals surface area (Å²) in [5.74, 6) is -0.328. The van der Waals surface area contributed by atoms with Crippen molar-refractivity contribution in [1.82, 2.24) is 0 Å². The Bertz CT molecular complexity index is 590. The van der Waals surface area contributed by atoms with E-state index in [0.717, 1.165) is 5.69 Å². The third-order valence-electron chi connectivity index (χ3n) is 2.75. The molecule has 96 valence electrons. The van der Waals surface area contributed by atoms with Crippen molar-refractivity contribution in [2.75, 3.05) is 11.9 Å². The molecule has 1 atom stereocenters. The number of nitrogens with one attached hydrogen (secondary N) is 1. The zero-order chi connectivity index (χ0) is 13.7. The number of nitrogens with zero attached hydrogens (tertiary/aromatic N) is 1. The number of benzene rings is 2. The molecule has 3 nitrogen and oxygen atoms in total. The number of hydrogen-bond donors (Lipinski definition) is 2. The molecule has 2 N–H and O–H groups in total. The van der Waals surface area contributed by atoms with Crippen molar-refractivity contribution in [2.24, 2.45) is 0 Å². The molecule has 1 unspecified atom stereocenters. The molecule has 0 aliphatic heterocycles. The summed E-state index contributed by atoms with van der Waals surface area (Å²) in [6.07, 6.45) is -0.730. The summed E-state index contributed by atoms with van der Waals surface area (Å²) in [7, 11) is 0. The molecule has 19 heavy (non-hydrogen) atoms. The van der Waals surface area contributed by atoms with Crippen molar-refractivity contribution in [2.45, 2.75) is 6.10 Å². The number of nitriles is 1. The van der Waals surface area contributed by atoms with Gasteiger partial charge in [-0.1, -0.05) is 18.2 Å². The van der Waals surface area contributed by atoms with E-state index in [9.17, 15) is 9.50 Å². The van der Waals surface area contributed by atoms with Gasteiger partial charge in [0.05, 0.1) is 17.7 Å². The van der Waals surface area contributed by atoms with Gasteiger partial charge in [0.25, 0.3) is 0 Å². The summed E-state index contributed by atoms with van der Waals surface area (Å²) >= 11 is 0. The van der Waals surface area contributed by atoms with E-state index in [0.29, 0.717) is 17.7 Å². The van der Waals surface area contributed by atoms with E-state index in [1.807, 2.05) is 12.1 Å². The van der Waals surface area contributed by atoms with Gasteiger partial charge in [-0.25, -0.2) is 4.39 Å². The molecule has 0 spiro atoms. The number of aliphatic hydroxyl groups excluding tert-OH is 1. The summed E-state index contributed by atoms with van der Waals surface area (Å²) in [6, 6.07) is 14.8. The van der Waals surface area contributed by atoms with Gasteiger partial charge in [-0.2, -0.15) is 5.26 Å². The average Bonchev–Trinajstić information content (AvgIpc) is 2.46. The van der Waals surface area contributed by atoms with Gasteiger partial charge in [0.2, 0.25) is 0 Å². The fourth-order valence-electron chi connectivity index (χ4n) is 1.72. The summed E-state index contributed by atoms with van der Waals surface area (Å²) in [5.41, 5.74) is 1.96. The van der Waals surface area contributed by atoms with Crippen molar-refractivity contribution in [3.05, 3.63) is 65.5 Å². The van der Waals surface area contributed by atoms with E-state index in [1.54, 1.807) is 30.3 Å². The maximum atomic E-state index is 12.8. The Morgan fingerprint density at radius 3 is 2.63 bits per heavy atom. The summed E-state index contributed by atoms with van der Waals surface area (Å²) in [4.78, 5) is 0. The fraction of sp³-hybridized carbons (Fsp3) is 0.133. The van der Waals surface area contributed by atoms with Gasteiger partial charge < -0.3 is 10.4 Å². The number of rotatable bonds is 4. The van der Waals surface area contributed by atoms with Gasteiger partial charge in [-0.3, -0.25) is 0 Å². The number of hydrogen-bond acceptors (Lipinski definition) is 3. The second-order valence-electron chi connectivity index (χ2n) is 4.14. The van der Waals surface area contributed by atoms with Crippen LogP contribution in [0.1, 0.15) is 17.2 Å². The summed E-state index contributed by atoms with van der Waals surface area (Å²) in [6.45, 7) is 0.292. The largest absolute Gasteiger partial charge is 0.387 e. The molecule has 0 saturated heterocycles. The zero-order valence-corrected chi connectivity index (χ0v) is 10.2. The topological polar surface area (TPSA) is 56.0 Å². The lowest BCUT2D eigenvalue weighted by molar-refractivity contribution is 0.191. The van der Waals surface area contributed by atoms with Crippen LogP contribution in [-0.4, -0.2) is 11.7 Å². The minimum Gasteiger partial charge on any atom is -0.387 e. The Labute approximate surface area is 110 Å². The first-order valence-corrected chi connectivity index (χ1v) is 5.86. The highest BCUT2D eigenvalue weighted by atomic mass is 19.1. The smallest absolute Gasteiger partial charge is 0.123 e. The first kappa shape index (κ1) is 13.1. The van der Waals surface area contributed by atoms with E-state index < -0.39 is 6.10 Å². The van der Waals surface area contributed by atoms with Crippen LogP contribution in [0, 0.1) is 17.1 Å². The first-order chi connectivity index (χ1) is 9.19. The Kier molecular flexibility index (Phi) is 4.11. The number of aliphatic hydroxyl groups is 1. The molecule has 0 fully saturated rings. The standard InChI is InChI=1S/C15H13FN2O/c16-13-6-4-12(5-7-13)15(19)10-18-14-3-1-2-11(8-14)9-17/h1-8,15,18-19H,10H2. The predicted octanol–water partition coefficient (Wildman–Crippen LogP) is 2.84. The summed E-state index contributed by atoms with van der Waals surface area (Å²) < 4.78 is 12.8. The quantitative estimate of drug-likeness (QED) is 0.884. The zero-order valence-electron chi connectivity index (χ0n) is 10.2. The maximum Gasteiger partial charge on any atom is 0.123 e. The molecule has 2 aromatic rings. The maximum absolute atomic E-state index is 12.8. The molecule has 4 heteroatoms. The van der Waals surface area contributed by atoms with Crippen LogP contribution in [0.5, 0.6) is 0 Å². The van der Waals surface area contributed by atoms with Crippen LogP contribution in [0.4, 0.5) is 10.1 Å². The second kappa shape index (κ2) is 5.98. The number of anilines is 1. The molecule has 0 aliphatic rings. The third kappa shape index (κ3) is 3.54. The molecular formula is C15H13FN2O. The first-order valence-electron chi connectivity index (χ1n) is 5.86. The van der Waals surface area contributed by atoms with Gasteiger partial charge in [-0.15, -0.1) is 0 Å². The van der Waals surface area contributed by atoms with E-state index in [4.69, 9.17) is 5.26 Å². The van der Waals surface area contributed by atoms with Crippen LogP contribution in [0.3, 0.4) is 0 Å². The Morgan fingerprint density at radius 2 is 1.95 bits per heavy atom. The molecule has 2 rings (SSSR count). The third-order valence-corrected chi connectivity index (χ3v) is 2.75. The second-order valence-corrected chi connectivity index (χ2v) is 4.14. The molecule has 0 heterocycles. The Hall–Kier alpha value is -2.38. The van der Waals surface area contributed by atoms with Crippen molar-refractivity contribution in [3.8, 4) is 6.07 Å². The van der Waals surface area contributed by atoms with Crippen LogP contribution in [-0.2, 0) is 0 Å². The molecule has 0 amide bonds. The van der Waals surface area contributed by atoms with Gasteiger partial charge in [0.15, 0.2) is 0 Å². The van der Waals surface area contributed by atoms with E-state index >= 15 is 0 Å². The normalized spacial score (nSPS) is 11.6. The number of halogens is 1. The van der Waals surface area contributed by atoms with Crippen molar-refractivity contribution in [1.29, 1.82) is 5.26 Å². The minimum atomic E-state index is -0.730. The lowest BCUT2D eigenvalue weighted by atomic mass is 10.1.